The fourth-order valence-electron chi connectivity index (χ4n) is 2.04. The van der Waals surface area contributed by atoms with Gasteiger partial charge in [0.05, 0.1) is 5.38 Å². The molecule has 1 aliphatic carbocycles. The number of alkyl halides is 1. The Labute approximate surface area is 100 Å². The third-order valence-electron chi connectivity index (χ3n) is 2.97. The summed E-state index contributed by atoms with van der Waals surface area (Å²) in [6.07, 6.45) is 4.66. The number of carbonyl (C=O) groups is 1. The highest BCUT2D eigenvalue weighted by atomic mass is 35.5. The van der Waals surface area contributed by atoms with Crippen LogP contribution in [-0.2, 0) is 0 Å². The van der Waals surface area contributed by atoms with Gasteiger partial charge in [-0.05, 0) is 37.8 Å². The number of nitrogens with zero attached hydrogens (tertiary/aromatic N) is 1. The molecule has 0 saturated heterocycles. The van der Waals surface area contributed by atoms with Gasteiger partial charge in [0.2, 0.25) is 0 Å². The molecule has 2 rings (SSSR count). The van der Waals surface area contributed by atoms with E-state index in [1.54, 1.807) is 6.20 Å². The Morgan fingerprint density at radius 2 is 2.38 bits per heavy atom. The maximum Gasteiger partial charge on any atom is 0.270 e. The lowest BCUT2D eigenvalue weighted by molar-refractivity contribution is 0.0932. The van der Waals surface area contributed by atoms with Gasteiger partial charge in [-0.15, -0.1) is 11.6 Å². The lowest BCUT2D eigenvalue weighted by Crippen LogP contribution is -2.38. The van der Waals surface area contributed by atoms with Crippen LogP contribution in [0, 0.1) is 6.92 Å². The Kier molecular flexibility index (Phi) is 3.44. The van der Waals surface area contributed by atoms with Gasteiger partial charge in [0.15, 0.2) is 0 Å². The van der Waals surface area contributed by atoms with Crippen LogP contribution in [0.4, 0.5) is 0 Å². The molecular weight excluding hydrogens is 224 g/mol. The number of aryl methyl sites for hydroxylation is 1. The number of rotatable bonds is 2. The summed E-state index contributed by atoms with van der Waals surface area (Å²) in [5.41, 5.74) is 1.39. The molecule has 1 saturated carbocycles. The SMILES string of the molecule is Cc1cccnc1C(=O)NC1CCCC1Cl. The Bertz CT molecular complexity index is 394. The zero-order chi connectivity index (χ0) is 11.5. The van der Waals surface area contributed by atoms with Crippen molar-refractivity contribution in [3.05, 3.63) is 29.6 Å². The van der Waals surface area contributed by atoms with Crippen LogP contribution in [0.3, 0.4) is 0 Å². The van der Waals surface area contributed by atoms with Crippen molar-refractivity contribution in [2.75, 3.05) is 0 Å². The van der Waals surface area contributed by atoms with E-state index in [0.717, 1.165) is 24.8 Å². The van der Waals surface area contributed by atoms with Crippen LogP contribution >= 0.6 is 11.6 Å². The maximum atomic E-state index is 11.9. The van der Waals surface area contributed by atoms with E-state index in [4.69, 9.17) is 11.6 Å². The molecule has 0 bridgehead atoms. The third-order valence-corrected chi connectivity index (χ3v) is 3.50. The van der Waals surface area contributed by atoms with Crippen LogP contribution in [0.2, 0.25) is 0 Å². The van der Waals surface area contributed by atoms with Gasteiger partial charge in [0.25, 0.3) is 5.91 Å². The average Bonchev–Trinajstić information content (AvgIpc) is 2.65. The normalized spacial score (nSPS) is 24.4. The van der Waals surface area contributed by atoms with Crippen LogP contribution in [-0.4, -0.2) is 22.3 Å². The Hall–Kier alpha value is -1.09. The monoisotopic (exact) mass is 238 g/mol. The van der Waals surface area contributed by atoms with Gasteiger partial charge in [-0.3, -0.25) is 9.78 Å². The van der Waals surface area contributed by atoms with Gasteiger partial charge in [-0.2, -0.15) is 0 Å². The Morgan fingerprint density at radius 1 is 1.56 bits per heavy atom. The summed E-state index contributed by atoms with van der Waals surface area (Å²) in [4.78, 5) is 16.0. The summed E-state index contributed by atoms with van der Waals surface area (Å²) >= 11 is 6.11. The van der Waals surface area contributed by atoms with Crippen molar-refractivity contribution in [1.82, 2.24) is 10.3 Å². The minimum Gasteiger partial charge on any atom is -0.346 e. The van der Waals surface area contributed by atoms with Gasteiger partial charge in [0, 0.05) is 12.2 Å². The molecule has 3 nitrogen and oxygen atoms in total. The summed E-state index contributed by atoms with van der Waals surface area (Å²) in [6.45, 7) is 1.88. The summed E-state index contributed by atoms with van der Waals surface area (Å²) < 4.78 is 0. The molecule has 0 aromatic carbocycles. The first-order valence-electron chi connectivity index (χ1n) is 5.55. The van der Waals surface area contributed by atoms with E-state index in [9.17, 15) is 4.79 Å². The Balaban J connectivity index is 2.06. The minimum atomic E-state index is -0.115. The number of pyridine rings is 1. The zero-order valence-corrected chi connectivity index (χ0v) is 10.00. The van der Waals surface area contributed by atoms with Crippen molar-refractivity contribution in [1.29, 1.82) is 0 Å². The molecule has 0 radical (unpaired) electrons. The van der Waals surface area contributed by atoms with Crippen molar-refractivity contribution < 1.29 is 4.79 Å². The van der Waals surface area contributed by atoms with Gasteiger partial charge in [0.1, 0.15) is 5.69 Å². The molecule has 4 heteroatoms. The van der Waals surface area contributed by atoms with Crippen molar-refractivity contribution in [3.8, 4) is 0 Å². The van der Waals surface area contributed by atoms with E-state index >= 15 is 0 Å². The first-order valence-corrected chi connectivity index (χ1v) is 5.98. The zero-order valence-electron chi connectivity index (χ0n) is 9.24. The molecular formula is C12H15ClN2O. The molecule has 2 unspecified atom stereocenters. The van der Waals surface area contributed by atoms with E-state index < -0.39 is 0 Å². The first kappa shape index (κ1) is 11.4. The number of aromatic nitrogens is 1. The molecule has 1 N–H and O–H groups in total. The fourth-order valence-corrected chi connectivity index (χ4v) is 2.38. The Morgan fingerprint density at radius 3 is 3.00 bits per heavy atom. The molecule has 86 valence electrons. The predicted molar refractivity (Wildman–Crippen MR) is 63.7 cm³/mol. The highest BCUT2D eigenvalue weighted by molar-refractivity contribution is 6.21. The van der Waals surface area contributed by atoms with Crippen molar-refractivity contribution in [2.24, 2.45) is 0 Å². The van der Waals surface area contributed by atoms with E-state index in [1.807, 2.05) is 19.1 Å². The number of nitrogens with one attached hydrogen (secondary N) is 1. The molecule has 2 atom stereocenters. The van der Waals surface area contributed by atoms with E-state index in [1.165, 1.54) is 0 Å². The van der Waals surface area contributed by atoms with E-state index in [-0.39, 0.29) is 17.3 Å². The molecule has 1 aromatic heterocycles. The third kappa shape index (κ3) is 2.35. The van der Waals surface area contributed by atoms with Gasteiger partial charge < -0.3 is 5.32 Å². The van der Waals surface area contributed by atoms with Gasteiger partial charge >= 0.3 is 0 Å². The molecule has 1 amide bonds. The largest absolute Gasteiger partial charge is 0.346 e. The first-order chi connectivity index (χ1) is 7.68. The van der Waals surface area contributed by atoms with E-state index in [0.29, 0.717) is 5.69 Å². The quantitative estimate of drug-likeness (QED) is 0.804. The van der Waals surface area contributed by atoms with E-state index in [2.05, 4.69) is 10.3 Å². The average molecular weight is 239 g/mol. The second-order valence-corrected chi connectivity index (χ2v) is 4.76. The molecule has 1 fully saturated rings. The highest BCUT2D eigenvalue weighted by Crippen LogP contribution is 2.24. The van der Waals surface area contributed by atoms with Crippen molar-refractivity contribution in [3.63, 3.8) is 0 Å². The van der Waals surface area contributed by atoms with Crippen molar-refractivity contribution >= 4 is 17.5 Å². The standard InChI is InChI=1S/C12H15ClN2O/c1-8-4-3-7-14-11(8)12(16)15-10-6-2-5-9(10)13/h3-4,7,9-10H,2,5-6H2,1H3,(H,15,16). The van der Waals surface area contributed by atoms with Crippen LogP contribution < -0.4 is 5.32 Å². The predicted octanol–water partition coefficient (Wildman–Crippen LogP) is 2.28. The summed E-state index contributed by atoms with van der Waals surface area (Å²) in [6, 6.07) is 3.80. The molecule has 0 spiro atoms. The number of hydrogen-bond donors (Lipinski definition) is 1. The van der Waals surface area contributed by atoms with Crippen LogP contribution in [0.1, 0.15) is 35.3 Å². The second-order valence-electron chi connectivity index (χ2n) is 4.20. The number of amides is 1. The smallest absolute Gasteiger partial charge is 0.270 e. The summed E-state index contributed by atoms with van der Waals surface area (Å²) in [7, 11) is 0. The lowest BCUT2D eigenvalue weighted by atomic mass is 10.2. The second kappa shape index (κ2) is 4.83. The summed E-state index contributed by atoms with van der Waals surface area (Å²) in [5.74, 6) is -0.115. The number of carbonyl (C=O) groups excluding carboxylic acids is 1. The molecule has 1 aliphatic rings. The molecule has 16 heavy (non-hydrogen) atoms. The molecule has 1 aromatic rings. The van der Waals surface area contributed by atoms with Gasteiger partial charge in [-0.1, -0.05) is 6.07 Å². The maximum absolute atomic E-state index is 11.9. The van der Waals surface area contributed by atoms with Gasteiger partial charge in [-0.25, -0.2) is 0 Å². The van der Waals surface area contributed by atoms with Crippen LogP contribution in [0.15, 0.2) is 18.3 Å². The lowest BCUT2D eigenvalue weighted by Gasteiger charge is -2.15. The molecule has 0 aliphatic heterocycles. The topological polar surface area (TPSA) is 42.0 Å². The fraction of sp³-hybridized carbons (Fsp3) is 0.500. The minimum absolute atomic E-state index is 0.0629. The van der Waals surface area contributed by atoms with Crippen LogP contribution in [0.25, 0.3) is 0 Å². The van der Waals surface area contributed by atoms with Crippen molar-refractivity contribution in [2.45, 2.75) is 37.6 Å². The number of hydrogen-bond acceptors (Lipinski definition) is 2. The highest BCUT2D eigenvalue weighted by Gasteiger charge is 2.27. The van der Waals surface area contributed by atoms with Crippen LogP contribution in [0.5, 0.6) is 0 Å². The summed E-state index contributed by atoms with van der Waals surface area (Å²) in [5, 5.41) is 3.02. The molecule has 1 heterocycles. The number of halogens is 1.